The standard InChI is InChI=1S/C21H16F4N4O3/c1-20(2)18(31)28(12-5-4-11(10-26)15(8-12)21(23,24)25)19(32)29(20)13-6-7-14(16(22)9-13)17(30)27-3/h4-9H,1-3H3,(H,27,30)/i8T. The molecular weight excluding hydrogens is 432 g/mol. The van der Waals surface area contributed by atoms with E-state index >= 15 is 0 Å². The average Bonchev–Trinajstić information content (AvgIpc) is 2.90. The van der Waals surface area contributed by atoms with Crippen LogP contribution in [0.15, 0.2) is 36.4 Å². The van der Waals surface area contributed by atoms with Gasteiger partial charge in [-0.2, -0.15) is 18.4 Å². The van der Waals surface area contributed by atoms with Crippen molar-refractivity contribution in [3.63, 3.8) is 0 Å². The maximum atomic E-state index is 14.5. The van der Waals surface area contributed by atoms with Gasteiger partial charge in [-0.25, -0.2) is 14.1 Å². The molecule has 1 heterocycles. The molecule has 0 bridgehead atoms. The predicted octanol–water partition coefficient (Wildman–Crippen LogP) is 3.83. The molecule has 11 heteroatoms. The third-order valence-electron chi connectivity index (χ3n) is 4.93. The molecular formula is C21H16F4N4O3. The quantitative estimate of drug-likeness (QED) is 0.568. The lowest BCUT2D eigenvalue weighted by atomic mass is 10.0. The number of rotatable bonds is 3. The molecule has 3 rings (SSSR count). The van der Waals surface area contributed by atoms with Crippen LogP contribution in [0.25, 0.3) is 0 Å². The maximum Gasteiger partial charge on any atom is 0.417 e. The van der Waals surface area contributed by atoms with Crippen molar-refractivity contribution in [2.75, 3.05) is 16.8 Å². The van der Waals surface area contributed by atoms with E-state index in [1.54, 1.807) is 0 Å². The third-order valence-corrected chi connectivity index (χ3v) is 4.93. The van der Waals surface area contributed by atoms with Crippen molar-refractivity contribution in [1.29, 1.82) is 5.26 Å². The summed E-state index contributed by atoms with van der Waals surface area (Å²) in [6.45, 7) is 2.60. The van der Waals surface area contributed by atoms with Gasteiger partial charge < -0.3 is 5.32 Å². The van der Waals surface area contributed by atoms with Crippen molar-refractivity contribution in [3.8, 4) is 6.07 Å². The zero-order chi connectivity index (χ0) is 24.9. The number of halogens is 4. The zero-order valence-corrected chi connectivity index (χ0v) is 17.0. The van der Waals surface area contributed by atoms with Crippen LogP contribution in [-0.4, -0.2) is 30.4 Å². The number of carbonyl (C=O) groups excluding carboxylic acids is 3. The summed E-state index contributed by atoms with van der Waals surface area (Å²) in [6, 6.07) is 3.84. The van der Waals surface area contributed by atoms with E-state index in [1.807, 2.05) is 0 Å². The Morgan fingerprint density at radius 1 is 1.19 bits per heavy atom. The Hall–Kier alpha value is -3.94. The lowest BCUT2D eigenvalue weighted by Crippen LogP contribution is -2.44. The Kier molecular flexibility index (Phi) is 5.08. The Bertz CT molecular complexity index is 1240. The van der Waals surface area contributed by atoms with Gasteiger partial charge in [0.05, 0.1) is 29.8 Å². The summed E-state index contributed by atoms with van der Waals surface area (Å²) in [7, 11) is 1.30. The van der Waals surface area contributed by atoms with Crippen molar-refractivity contribution < 1.29 is 33.3 Å². The molecule has 2 aromatic carbocycles. The zero-order valence-electron chi connectivity index (χ0n) is 18.0. The Labute approximate surface area is 181 Å². The highest BCUT2D eigenvalue weighted by Gasteiger charge is 2.53. The summed E-state index contributed by atoms with van der Waals surface area (Å²) in [5.41, 5.74) is -5.20. The lowest BCUT2D eigenvalue weighted by Gasteiger charge is -2.27. The van der Waals surface area contributed by atoms with Gasteiger partial charge in [-0.15, -0.1) is 0 Å². The Morgan fingerprint density at radius 2 is 1.81 bits per heavy atom. The van der Waals surface area contributed by atoms with Crippen molar-refractivity contribution in [3.05, 3.63) is 58.9 Å². The first-order chi connectivity index (χ1) is 15.3. The minimum atomic E-state index is -5.09. The number of imide groups is 1. The highest BCUT2D eigenvalue weighted by atomic mass is 19.4. The molecule has 0 aromatic heterocycles. The second-order valence-corrected chi connectivity index (χ2v) is 7.30. The first-order valence-electron chi connectivity index (χ1n) is 9.58. The summed E-state index contributed by atoms with van der Waals surface area (Å²) in [5.74, 6) is -2.67. The molecule has 1 aliphatic heterocycles. The molecule has 1 N–H and O–H groups in total. The summed E-state index contributed by atoms with van der Waals surface area (Å²) in [6.07, 6.45) is -5.09. The highest BCUT2D eigenvalue weighted by molar-refractivity contribution is 6.30. The van der Waals surface area contributed by atoms with E-state index < -0.39 is 58.2 Å². The van der Waals surface area contributed by atoms with E-state index in [1.165, 1.54) is 33.0 Å². The van der Waals surface area contributed by atoms with Crippen molar-refractivity contribution in [2.24, 2.45) is 0 Å². The van der Waals surface area contributed by atoms with Gasteiger partial charge in [0.1, 0.15) is 11.4 Å². The van der Waals surface area contributed by atoms with Gasteiger partial charge in [0.15, 0.2) is 0 Å². The fourth-order valence-corrected chi connectivity index (χ4v) is 3.33. The number of hydrogen-bond donors (Lipinski definition) is 1. The average molecular weight is 450 g/mol. The molecule has 4 amide bonds. The number of nitrogens with one attached hydrogen (secondary N) is 1. The molecule has 0 aliphatic carbocycles. The minimum absolute atomic E-state index is 0.123. The van der Waals surface area contributed by atoms with Gasteiger partial charge >= 0.3 is 12.2 Å². The monoisotopic (exact) mass is 450 g/mol. The number of carbonyl (C=O) groups is 3. The fourth-order valence-electron chi connectivity index (χ4n) is 3.33. The number of nitriles is 1. The molecule has 1 aliphatic rings. The SMILES string of the molecule is [3H]c1c(N2C(=O)N(c3ccc(C(=O)NC)c(F)c3)C(C)(C)C2=O)ccc(C#N)c1C(F)(F)F. The Balaban J connectivity index is 2.15. The van der Waals surface area contributed by atoms with Crippen LogP contribution in [0.1, 0.15) is 36.7 Å². The van der Waals surface area contributed by atoms with Crippen LogP contribution in [0, 0.1) is 17.1 Å². The minimum Gasteiger partial charge on any atom is -0.355 e. The van der Waals surface area contributed by atoms with Crippen LogP contribution in [0.4, 0.5) is 33.7 Å². The van der Waals surface area contributed by atoms with Crippen LogP contribution >= 0.6 is 0 Å². The summed E-state index contributed by atoms with van der Waals surface area (Å²) < 4.78 is 62.9. The fraction of sp³-hybridized carbons (Fsp3) is 0.238. The second-order valence-electron chi connectivity index (χ2n) is 7.30. The predicted molar refractivity (Wildman–Crippen MR) is 105 cm³/mol. The third kappa shape index (κ3) is 3.53. The number of benzene rings is 2. The normalized spacial score (nSPS) is 16.1. The number of anilines is 2. The highest BCUT2D eigenvalue weighted by Crippen LogP contribution is 2.39. The van der Waals surface area contributed by atoms with Crippen LogP contribution in [0.3, 0.4) is 0 Å². The first kappa shape index (κ1) is 21.3. The van der Waals surface area contributed by atoms with Gasteiger partial charge in [-0.1, -0.05) is 0 Å². The molecule has 0 unspecified atom stereocenters. The molecule has 7 nitrogen and oxygen atoms in total. The number of nitrogens with zero attached hydrogens (tertiary/aromatic N) is 3. The first-order valence-corrected chi connectivity index (χ1v) is 9.08. The van der Waals surface area contributed by atoms with Gasteiger partial charge in [0, 0.05) is 12.7 Å². The van der Waals surface area contributed by atoms with Gasteiger partial charge in [0.25, 0.3) is 11.8 Å². The number of urea groups is 1. The van der Waals surface area contributed by atoms with E-state index in [0.29, 0.717) is 4.90 Å². The number of amides is 4. The molecule has 2 aromatic rings. The van der Waals surface area contributed by atoms with E-state index in [2.05, 4.69) is 5.32 Å². The van der Waals surface area contributed by atoms with Gasteiger partial charge in [-0.3, -0.25) is 14.5 Å². The van der Waals surface area contributed by atoms with Crippen LogP contribution < -0.4 is 15.1 Å². The lowest BCUT2D eigenvalue weighted by molar-refractivity contribution is -0.137. The van der Waals surface area contributed by atoms with Gasteiger partial charge in [-0.05, 0) is 50.2 Å². The van der Waals surface area contributed by atoms with Crippen molar-refractivity contribution >= 4 is 29.2 Å². The van der Waals surface area contributed by atoms with Crippen LogP contribution in [0.2, 0.25) is 0 Å². The van der Waals surface area contributed by atoms with Crippen molar-refractivity contribution in [2.45, 2.75) is 25.6 Å². The molecule has 1 saturated heterocycles. The van der Waals surface area contributed by atoms with Crippen molar-refractivity contribution in [1.82, 2.24) is 5.32 Å². The van der Waals surface area contributed by atoms with Crippen LogP contribution in [0.5, 0.6) is 0 Å². The molecule has 0 spiro atoms. The summed E-state index contributed by atoms with van der Waals surface area (Å²) in [5, 5.41) is 11.2. The van der Waals surface area contributed by atoms with Gasteiger partial charge in [0.2, 0.25) is 0 Å². The molecule has 0 atom stereocenters. The van der Waals surface area contributed by atoms with Crippen LogP contribution in [-0.2, 0) is 11.0 Å². The number of hydrogen-bond acceptors (Lipinski definition) is 4. The molecule has 0 saturated carbocycles. The number of alkyl halides is 3. The van der Waals surface area contributed by atoms with E-state index in [-0.39, 0.29) is 11.3 Å². The molecule has 1 fully saturated rings. The molecule has 0 radical (unpaired) electrons. The largest absolute Gasteiger partial charge is 0.417 e. The van der Waals surface area contributed by atoms with E-state index in [4.69, 9.17) is 6.63 Å². The topological polar surface area (TPSA) is 93.5 Å². The smallest absolute Gasteiger partial charge is 0.355 e. The maximum absolute atomic E-state index is 14.5. The summed E-state index contributed by atoms with van der Waals surface area (Å²) in [4.78, 5) is 39.2. The second kappa shape index (κ2) is 7.64. The summed E-state index contributed by atoms with van der Waals surface area (Å²) >= 11 is 0. The van der Waals surface area contributed by atoms with E-state index in [0.717, 1.165) is 29.2 Å². The molecule has 32 heavy (non-hydrogen) atoms. The Morgan fingerprint density at radius 3 is 2.34 bits per heavy atom. The molecule has 166 valence electrons. The van der Waals surface area contributed by atoms with E-state index in [9.17, 15) is 31.9 Å².